The van der Waals surface area contributed by atoms with Gasteiger partial charge in [-0.1, -0.05) is 35.5 Å². The van der Waals surface area contributed by atoms with E-state index >= 15 is 0 Å². The number of carbonyl (C=O) groups is 1. The molecule has 120 valence electrons. The number of terminal acetylenes is 1. The molecule has 0 radical (unpaired) electrons. The van der Waals surface area contributed by atoms with Gasteiger partial charge in [0.25, 0.3) is 5.91 Å². The Morgan fingerprint density at radius 1 is 1.33 bits per heavy atom. The predicted molar refractivity (Wildman–Crippen MR) is 96.3 cm³/mol. The molecule has 0 saturated carbocycles. The molecule has 0 N–H and O–H groups in total. The lowest BCUT2D eigenvalue weighted by Gasteiger charge is -2.03. The molecule has 4 nitrogen and oxygen atoms in total. The Bertz CT molecular complexity index is 1020. The van der Waals surface area contributed by atoms with Crippen molar-refractivity contribution in [2.24, 2.45) is 4.99 Å². The Morgan fingerprint density at radius 3 is 2.88 bits per heavy atom. The first-order valence-corrected chi connectivity index (χ1v) is 8.21. The van der Waals surface area contributed by atoms with Crippen molar-refractivity contribution in [3.8, 4) is 18.1 Å². The molecule has 0 saturated heterocycles. The van der Waals surface area contributed by atoms with Crippen molar-refractivity contribution in [3.63, 3.8) is 0 Å². The van der Waals surface area contributed by atoms with Gasteiger partial charge in [0, 0.05) is 5.56 Å². The average molecular weight is 336 g/mol. The third-order valence-corrected chi connectivity index (χ3v) is 4.71. The fourth-order valence-electron chi connectivity index (χ4n) is 2.54. The highest BCUT2D eigenvalue weighted by Crippen LogP contribution is 2.21. The summed E-state index contributed by atoms with van der Waals surface area (Å²) in [5.74, 6) is 2.95. The largest absolute Gasteiger partial charge is 0.497 e. The lowest BCUT2D eigenvalue weighted by molar-refractivity contribution is 0.0997. The van der Waals surface area contributed by atoms with Crippen LogP contribution in [0.4, 0.5) is 0 Å². The molecular weight excluding hydrogens is 320 g/mol. The predicted octanol–water partition coefficient (Wildman–Crippen LogP) is 3.39. The van der Waals surface area contributed by atoms with Gasteiger partial charge in [-0.25, -0.2) is 0 Å². The van der Waals surface area contributed by atoms with E-state index in [1.807, 2.05) is 29.7 Å². The second kappa shape index (κ2) is 6.73. The summed E-state index contributed by atoms with van der Waals surface area (Å²) in [4.78, 5) is 17.4. The van der Waals surface area contributed by atoms with E-state index in [4.69, 9.17) is 11.2 Å². The number of amides is 1. The third kappa shape index (κ3) is 2.97. The van der Waals surface area contributed by atoms with Crippen molar-refractivity contribution in [1.82, 2.24) is 4.57 Å². The number of thiazole rings is 1. The molecule has 0 atom stereocenters. The summed E-state index contributed by atoms with van der Waals surface area (Å²) < 4.78 is 8.13. The lowest BCUT2D eigenvalue weighted by Crippen LogP contribution is -2.16. The summed E-state index contributed by atoms with van der Waals surface area (Å²) in [6.07, 6.45) is 5.50. The fraction of sp³-hybridized carbons (Fsp3) is 0.158. The van der Waals surface area contributed by atoms with Crippen molar-refractivity contribution >= 4 is 27.5 Å². The second-order valence-corrected chi connectivity index (χ2v) is 6.25. The number of para-hydroxylation sites is 1. The highest BCUT2D eigenvalue weighted by Gasteiger charge is 2.10. The summed E-state index contributed by atoms with van der Waals surface area (Å²) in [5.41, 5.74) is 2.61. The molecule has 0 bridgehead atoms. The molecule has 1 amide bonds. The minimum Gasteiger partial charge on any atom is -0.497 e. The number of benzene rings is 2. The van der Waals surface area contributed by atoms with E-state index in [9.17, 15) is 4.79 Å². The SMILES string of the molecule is C#CCn1c(=NC(=O)c2cccc(OC)c2)sc2cccc(C)c21. The Balaban J connectivity index is 2.16. The van der Waals surface area contributed by atoms with E-state index in [2.05, 4.69) is 10.9 Å². The summed E-state index contributed by atoms with van der Waals surface area (Å²) in [7, 11) is 1.57. The number of aryl methyl sites for hydroxylation is 1. The van der Waals surface area contributed by atoms with E-state index in [0.717, 1.165) is 15.8 Å². The molecule has 1 heterocycles. The lowest BCUT2D eigenvalue weighted by atomic mass is 10.2. The van der Waals surface area contributed by atoms with Crippen LogP contribution in [0.3, 0.4) is 0 Å². The zero-order valence-electron chi connectivity index (χ0n) is 13.4. The zero-order chi connectivity index (χ0) is 17.1. The van der Waals surface area contributed by atoms with Gasteiger partial charge in [0.1, 0.15) is 5.75 Å². The Hall–Kier alpha value is -2.84. The van der Waals surface area contributed by atoms with E-state index in [1.54, 1.807) is 31.4 Å². The van der Waals surface area contributed by atoms with Crippen LogP contribution in [0.25, 0.3) is 10.2 Å². The van der Waals surface area contributed by atoms with Gasteiger partial charge in [0.15, 0.2) is 4.80 Å². The first-order chi connectivity index (χ1) is 11.6. The van der Waals surface area contributed by atoms with Gasteiger partial charge >= 0.3 is 0 Å². The van der Waals surface area contributed by atoms with Gasteiger partial charge in [-0.2, -0.15) is 4.99 Å². The third-order valence-electron chi connectivity index (χ3n) is 3.67. The minimum atomic E-state index is -0.316. The smallest absolute Gasteiger partial charge is 0.279 e. The van der Waals surface area contributed by atoms with Crippen LogP contribution in [0, 0.1) is 19.3 Å². The van der Waals surface area contributed by atoms with Crippen LogP contribution in [-0.4, -0.2) is 17.6 Å². The molecule has 2 aromatic carbocycles. The molecule has 0 aliphatic rings. The van der Waals surface area contributed by atoms with Gasteiger partial charge in [0.2, 0.25) is 0 Å². The van der Waals surface area contributed by atoms with Crippen LogP contribution in [0.2, 0.25) is 0 Å². The highest BCUT2D eigenvalue weighted by molar-refractivity contribution is 7.16. The van der Waals surface area contributed by atoms with Crippen molar-refractivity contribution < 1.29 is 9.53 Å². The van der Waals surface area contributed by atoms with Crippen LogP contribution in [0.1, 0.15) is 15.9 Å². The highest BCUT2D eigenvalue weighted by atomic mass is 32.1. The minimum absolute atomic E-state index is 0.316. The number of rotatable bonds is 3. The molecule has 1 aromatic heterocycles. The molecule has 0 spiro atoms. The van der Waals surface area contributed by atoms with Crippen LogP contribution in [0.15, 0.2) is 47.5 Å². The molecule has 0 aliphatic heterocycles. The summed E-state index contributed by atoms with van der Waals surface area (Å²) in [6, 6.07) is 13.0. The van der Waals surface area contributed by atoms with Crippen LogP contribution >= 0.6 is 11.3 Å². The molecule has 0 unspecified atom stereocenters. The number of fused-ring (bicyclic) bond motifs is 1. The first kappa shape index (κ1) is 16.0. The number of nitrogens with zero attached hydrogens (tertiary/aromatic N) is 2. The molecule has 3 aromatic rings. The maximum atomic E-state index is 12.5. The number of carbonyl (C=O) groups excluding carboxylic acids is 1. The topological polar surface area (TPSA) is 43.6 Å². The van der Waals surface area contributed by atoms with Crippen molar-refractivity contribution in [2.75, 3.05) is 7.11 Å². The van der Waals surface area contributed by atoms with Gasteiger partial charge in [-0.3, -0.25) is 4.79 Å². The second-order valence-electron chi connectivity index (χ2n) is 5.25. The number of ether oxygens (including phenoxy) is 1. The Labute approximate surface area is 144 Å². The van der Waals surface area contributed by atoms with Crippen LogP contribution in [0.5, 0.6) is 5.75 Å². The van der Waals surface area contributed by atoms with Gasteiger partial charge in [-0.15, -0.1) is 6.42 Å². The van der Waals surface area contributed by atoms with E-state index < -0.39 is 0 Å². The van der Waals surface area contributed by atoms with E-state index in [-0.39, 0.29) is 5.91 Å². The molecule has 0 fully saturated rings. The Kier molecular flexibility index (Phi) is 4.50. The van der Waals surface area contributed by atoms with Crippen molar-refractivity contribution in [2.45, 2.75) is 13.5 Å². The maximum Gasteiger partial charge on any atom is 0.279 e. The summed E-state index contributed by atoms with van der Waals surface area (Å²) >= 11 is 1.46. The average Bonchev–Trinajstić information content (AvgIpc) is 2.94. The summed E-state index contributed by atoms with van der Waals surface area (Å²) in [6.45, 7) is 2.39. The fourth-order valence-corrected chi connectivity index (χ4v) is 3.64. The van der Waals surface area contributed by atoms with Crippen LogP contribution in [-0.2, 0) is 6.54 Å². The van der Waals surface area contributed by atoms with Gasteiger partial charge in [-0.05, 0) is 36.8 Å². The van der Waals surface area contributed by atoms with Crippen molar-refractivity contribution in [1.29, 1.82) is 0 Å². The monoisotopic (exact) mass is 336 g/mol. The standard InChI is InChI=1S/C19H16N2O2S/c1-4-11-21-17-13(2)7-5-10-16(17)24-19(21)20-18(22)14-8-6-9-15(12-14)23-3/h1,5-10,12H,11H2,2-3H3. The van der Waals surface area contributed by atoms with Crippen LogP contribution < -0.4 is 9.54 Å². The molecule has 3 rings (SSSR count). The molecule has 5 heteroatoms. The molecule has 0 aliphatic carbocycles. The van der Waals surface area contributed by atoms with E-state index in [0.29, 0.717) is 22.7 Å². The zero-order valence-corrected chi connectivity index (χ0v) is 14.3. The maximum absolute atomic E-state index is 12.5. The normalized spacial score (nSPS) is 11.5. The number of hydrogen-bond acceptors (Lipinski definition) is 3. The summed E-state index contributed by atoms with van der Waals surface area (Å²) in [5, 5.41) is 0. The Morgan fingerprint density at radius 2 is 2.12 bits per heavy atom. The number of aromatic nitrogens is 1. The van der Waals surface area contributed by atoms with Gasteiger partial charge < -0.3 is 9.30 Å². The van der Waals surface area contributed by atoms with E-state index in [1.165, 1.54) is 11.3 Å². The first-order valence-electron chi connectivity index (χ1n) is 7.39. The van der Waals surface area contributed by atoms with Gasteiger partial charge in [0.05, 0.1) is 23.9 Å². The molecule has 24 heavy (non-hydrogen) atoms. The quantitative estimate of drug-likeness (QED) is 0.688. The number of methoxy groups -OCH3 is 1. The number of hydrogen-bond donors (Lipinski definition) is 0. The van der Waals surface area contributed by atoms with Crippen molar-refractivity contribution in [3.05, 3.63) is 58.4 Å². The molecular formula is C19H16N2O2S.